The third-order valence-electron chi connectivity index (χ3n) is 4.88. The molecule has 5 nitrogen and oxygen atoms in total. The summed E-state index contributed by atoms with van der Waals surface area (Å²) in [6.07, 6.45) is 2.08. The van der Waals surface area contributed by atoms with Crippen LogP contribution in [-0.2, 0) is 11.2 Å². The van der Waals surface area contributed by atoms with E-state index >= 15 is 0 Å². The summed E-state index contributed by atoms with van der Waals surface area (Å²) < 4.78 is 11.1. The Bertz CT molecular complexity index is 840. The minimum Gasteiger partial charge on any atom is -0.486 e. The molecule has 0 unspecified atom stereocenters. The quantitative estimate of drug-likeness (QED) is 0.888. The lowest BCUT2D eigenvalue weighted by Gasteiger charge is -2.36. The zero-order valence-corrected chi connectivity index (χ0v) is 15.4. The van der Waals surface area contributed by atoms with E-state index < -0.39 is 0 Å². The molecule has 0 radical (unpaired) electrons. The van der Waals surface area contributed by atoms with Crippen molar-refractivity contribution in [2.75, 3.05) is 30.0 Å². The molecule has 4 rings (SSSR count). The van der Waals surface area contributed by atoms with Crippen LogP contribution in [0.4, 0.5) is 11.4 Å². The predicted molar refractivity (Wildman–Crippen MR) is 103 cm³/mol. The van der Waals surface area contributed by atoms with Crippen molar-refractivity contribution in [3.05, 3.63) is 47.0 Å². The van der Waals surface area contributed by atoms with Crippen molar-refractivity contribution in [3.8, 4) is 11.5 Å². The van der Waals surface area contributed by atoms with Gasteiger partial charge in [0.05, 0.1) is 17.3 Å². The second kappa shape index (κ2) is 7.08. The molecule has 0 bridgehead atoms. The summed E-state index contributed by atoms with van der Waals surface area (Å²) in [7, 11) is 0. The minimum absolute atomic E-state index is 0.105. The van der Waals surface area contributed by atoms with Crippen LogP contribution in [-0.4, -0.2) is 31.7 Å². The number of amides is 1. The van der Waals surface area contributed by atoms with Gasteiger partial charge < -0.3 is 19.7 Å². The van der Waals surface area contributed by atoms with Gasteiger partial charge in [-0.15, -0.1) is 0 Å². The molecule has 0 spiro atoms. The number of carbonyl (C=O) groups excluding carboxylic acids is 1. The number of nitrogens with zero attached hydrogens (tertiary/aromatic N) is 1. The topological polar surface area (TPSA) is 50.8 Å². The lowest BCUT2D eigenvalue weighted by atomic mass is 9.96. The number of para-hydroxylation sites is 1. The average molecular weight is 373 g/mol. The Morgan fingerprint density at radius 2 is 1.96 bits per heavy atom. The van der Waals surface area contributed by atoms with Crippen LogP contribution >= 0.6 is 11.6 Å². The van der Waals surface area contributed by atoms with E-state index in [1.807, 2.05) is 12.1 Å². The maximum absolute atomic E-state index is 12.7. The minimum atomic E-state index is -0.105. The Morgan fingerprint density at radius 3 is 2.77 bits per heavy atom. The number of ether oxygens (including phenoxy) is 2. The van der Waals surface area contributed by atoms with Crippen LogP contribution < -0.4 is 19.7 Å². The number of carbonyl (C=O) groups is 1. The number of nitrogens with one attached hydrogen (secondary N) is 1. The molecule has 2 aliphatic heterocycles. The van der Waals surface area contributed by atoms with Crippen molar-refractivity contribution >= 4 is 28.9 Å². The molecular formula is C20H21ClN2O3. The molecule has 0 fully saturated rings. The van der Waals surface area contributed by atoms with Gasteiger partial charge in [0.15, 0.2) is 11.5 Å². The van der Waals surface area contributed by atoms with Crippen LogP contribution in [0, 0.1) is 0 Å². The van der Waals surface area contributed by atoms with Crippen LogP contribution in [0.15, 0.2) is 36.4 Å². The van der Waals surface area contributed by atoms with Gasteiger partial charge >= 0.3 is 0 Å². The van der Waals surface area contributed by atoms with Gasteiger partial charge in [-0.1, -0.05) is 29.8 Å². The Kier molecular flexibility index (Phi) is 4.64. The highest BCUT2D eigenvalue weighted by Gasteiger charge is 2.25. The Hall–Kier alpha value is -2.40. The number of hydrogen-bond donors (Lipinski definition) is 1. The first kappa shape index (κ1) is 17.0. The lowest BCUT2D eigenvalue weighted by Crippen LogP contribution is -2.42. The highest BCUT2D eigenvalue weighted by Crippen LogP contribution is 2.38. The van der Waals surface area contributed by atoms with E-state index in [0.29, 0.717) is 41.5 Å². The summed E-state index contributed by atoms with van der Waals surface area (Å²) in [4.78, 5) is 14.8. The monoisotopic (exact) mass is 372 g/mol. The third kappa shape index (κ3) is 3.31. The van der Waals surface area contributed by atoms with E-state index in [1.54, 1.807) is 12.1 Å². The largest absolute Gasteiger partial charge is 0.486 e. The molecule has 1 amide bonds. The van der Waals surface area contributed by atoms with E-state index in [0.717, 1.165) is 18.5 Å². The first-order valence-electron chi connectivity index (χ1n) is 8.85. The second-order valence-corrected chi connectivity index (χ2v) is 7.08. The van der Waals surface area contributed by atoms with E-state index in [9.17, 15) is 4.79 Å². The molecule has 0 aromatic heterocycles. The Morgan fingerprint density at radius 1 is 1.23 bits per heavy atom. The summed E-state index contributed by atoms with van der Waals surface area (Å²) in [5.41, 5.74) is 2.96. The molecule has 2 heterocycles. The molecule has 0 saturated heterocycles. The van der Waals surface area contributed by atoms with E-state index in [4.69, 9.17) is 21.1 Å². The van der Waals surface area contributed by atoms with E-state index in [2.05, 4.69) is 29.3 Å². The normalized spacial score (nSPS) is 18.2. The van der Waals surface area contributed by atoms with Crippen molar-refractivity contribution < 1.29 is 14.3 Å². The van der Waals surface area contributed by atoms with Gasteiger partial charge in [0.2, 0.25) is 5.91 Å². The van der Waals surface area contributed by atoms with Crippen molar-refractivity contribution in [1.82, 2.24) is 0 Å². The standard InChI is InChI=1S/C20H21ClN2O3/c1-13-6-7-14-4-2-3-5-17(14)23(13)12-20(24)22-16-11-19-18(10-15(16)21)25-8-9-26-19/h2-5,10-11,13H,6-9,12H2,1H3,(H,22,24)/t13-/m0/s1. The molecule has 2 aliphatic rings. The summed E-state index contributed by atoms with van der Waals surface area (Å²) in [6, 6.07) is 12.0. The summed E-state index contributed by atoms with van der Waals surface area (Å²) in [6.45, 7) is 3.43. The average Bonchev–Trinajstić information content (AvgIpc) is 2.65. The predicted octanol–water partition coefficient (Wildman–Crippen LogP) is 3.89. The molecule has 1 N–H and O–H groups in total. The van der Waals surface area contributed by atoms with Crippen LogP contribution in [0.3, 0.4) is 0 Å². The van der Waals surface area contributed by atoms with Gasteiger partial charge in [-0.2, -0.15) is 0 Å². The Labute approximate surface area is 157 Å². The number of benzene rings is 2. The van der Waals surface area contributed by atoms with Crippen molar-refractivity contribution in [2.24, 2.45) is 0 Å². The van der Waals surface area contributed by atoms with E-state index in [1.165, 1.54) is 5.56 Å². The smallest absolute Gasteiger partial charge is 0.243 e. The fraction of sp³-hybridized carbons (Fsp3) is 0.350. The number of halogens is 1. The molecule has 2 aromatic rings. The molecule has 0 aliphatic carbocycles. The maximum Gasteiger partial charge on any atom is 0.243 e. The van der Waals surface area contributed by atoms with Crippen LogP contribution in [0.2, 0.25) is 5.02 Å². The fourth-order valence-corrected chi connectivity index (χ4v) is 3.71. The maximum atomic E-state index is 12.7. The van der Waals surface area contributed by atoms with Gasteiger partial charge in [0.1, 0.15) is 13.2 Å². The molecule has 26 heavy (non-hydrogen) atoms. The number of rotatable bonds is 3. The number of fused-ring (bicyclic) bond motifs is 2. The molecule has 2 aromatic carbocycles. The summed E-state index contributed by atoms with van der Waals surface area (Å²) in [5, 5.41) is 3.35. The van der Waals surface area contributed by atoms with Crippen molar-refractivity contribution in [3.63, 3.8) is 0 Å². The number of aryl methyl sites for hydroxylation is 1. The Balaban J connectivity index is 1.51. The second-order valence-electron chi connectivity index (χ2n) is 6.67. The zero-order chi connectivity index (χ0) is 18.1. The van der Waals surface area contributed by atoms with Gasteiger partial charge in [-0.05, 0) is 31.4 Å². The van der Waals surface area contributed by atoms with Gasteiger partial charge in [-0.3, -0.25) is 4.79 Å². The van der Waals surface area contributed by atoms with Gasteiger partial charge in [-0.25, -0.2) is 0 Å². The van der Waals surface area contributed by atoms with E-state index in [-0.39, 0.29) is 12.5 Å². The van der Waals surface area contributed by atoms with Gasteiger partial charge in [0, 0.05) is 23.9 Å². The van der Waals surface area contributed by atoms with Crippen molar-refractivity contribution in [2.45, 2.75) is 25.8 Å². The highest BCUT2D eigenvalue weighted by atomic mass is 35.5. The van der Waals surface area contributed by atoms with Crippen molar-refractivity contribution in [1.29, 1.82) is 0 Å². The molecular weight excluding hydrogens is 352 g/mol. The number of hydrogen-bond acceptors (Lipinski definition) is 4. The zero-order valence-electron chi connectivity index (χ0n) is 14.6. The molecule has 1 atom stereocenters. The SMILES string of the molecule is C[C@H]1CCc2ccccc2N1CC(=O)Nc1cc2c(cc1Cl)OCCO2. The first-order chi connectivity index (χ1) is 12.6. The van der Waals surface area contributed by atoms with Crippen LogP contribution in [0.25, 0.3) is 0 Å². The van der Waals surface area contributed by atoms with Crippen LogP contribution in [0.5, 0.6) is 11.5 Å². The first-order valence-corrected chi connectivity index (χ1v) is 9.23. The summed E-state index contributed by atoms with van der Waals surface area (Å²) >= 11 is 6.29. The summed E-state index contributed by atoms with van der Waals surface area (Å²) in [5.74, 6) is 1.11. The third-order valence-corrected chi connectivity index (χ3v) is 5.20. The fourth-order valence-electron chi connectivity index (χ4n) is 3.51. The molecule has 136 valence electrons. The van der Waals surface area contributed by atoms with Gasteiger partial charge in [0.25, 0.3) is 0 Å². The lowest BCUT2D eigenvalue weighted by molar-refractivity contribution is -0.115. The molecule has 0 saturated carbocycles. The number of anilines is 2. The molecule has 6 heteroatoms. The highest BCUT2D eigenvalue weighted by molar-refractivity contribution is 6.34. The van der Waals surface area contributed by atoms with Crippen LogP contribution in [0.1, 0.15) is 18.9 Å².